The zero-order valence-electron chi connectivity index (χ0n) is 17.4. The summed E-state index contributed by atoms with van der Waals surface area (Å²) >= 11 is 6.07. The molecule has 6 nitrogen and oxygen atoms in total. The number of hydrogen-bond donors (Lipinski definition) is 2. The highest BCUT2D eigenvalue weighted by Crippen LogP contribution is 2.32. The van der Waals surface area contributed by atoms with E-state index >= 15 is 0 Å². The topological polar surface area (TPSA) is 70.7 Å². The number of anilines is 1. The van der Waals surface area contributed by atoms with Crippen molar-refractivity contribution in [1.82, 2.24) is 10.2 Å². The van der Waals surface area contributed by atoms with Gasteiger partial charge in [0.25, 0.3) is 0 Å². The van der Waals surface area contributed by atoms with Crippen molar-refractivity contribution in [3.05, 3.63) is 58.6 Å². The van der Waals surface area contributed by atoms with Crippen LogP contribution in [0.15, 0.2) is 42.5 Å². The summed E-state index contributed by atoms with van der Waals surface area (Å²) in [4.78, 5) is 26.8. The first-order chi connectivity index (χ1) is 14.5. The Labute approximate surface area is 182 Å². The summed E-state index contributed by atoms with van der Waals surface area (Å²) in [7, 11) is 0. The van der Waals surface area contributed by atoms with Crippen LogP contribution in [0.5, 0.6) is 5.75 Å². The summed E-state index contributed by atoms with van der Waals surface area (Å²) in [5, 5.41) is 6.09. The van der Waals surface area contributed by atoms with Crippen molar-refractivity contribution in [2.75, 3.05) is 31.6 Å². The van der Waals surface area contributed by atoms with Crippen molar-refractivity contribution >= 4 is 29.1 Å². The third kappa shape index (κ3) is 5.74. The first kappa shape index (κ1) is 22.1. The predicted molar refractivity (Wildman–Crippen MR) is 119 cm³/mol. The maximum atomic E-state index is 12.4. The fraction of sp³-hybridized carbons (Fsp3) is 0.391. The van der Waals surface area contributed by atoms with Gasteiger partial charge in [-0.1, -0.05) is 29.8 Å². The van der Waals surface area contributed by atoms with Crippen LogP contribution < -0.4 is 15.4 Å². The molecule has 1 aliphatic heterocycles. The van der Waals surface area contributed by atoms with Crippen LogP contribution in [0, 0.1) is 6.92 Å². The van der Waals surface area contributed by atoms with Crippen molar-refractivity contribution in [1.29, 1.82) is 0 Å². The molecule has 1 fully saturated rings. The van der Waals surface area contributed by atoms with Crippen molar-refractivity contribution < 1.29 is 14.3 Å². The van der Waals surface area contributed by atoms with Gasteiger partial charge < -0.3 is 15.4 Å². The van der Waals surface area contributed by atoms with Gasteiger partial charge in [0.1, 0.15) is 5.75 Å². The van der Waals surface area contributed by atoms with Crippen LogP contribution in [0.25, 0.3) is 0 Å². The van der Waals surface area contributed by atoms with Crippen molar-refractivity contribution in [3.8, 4) is 5.75 Å². The molecular weight excluding hydrogens is 402 g/mol. The Bertz CT molecular complexity index is 886. The molecule has 1 heterocycles. The molecule has 2 aromatic rings. The number of ether oxygens (including phenoxy) is 1. The molecule has 30 heavy (non-hydrogen) atoms. The normalized spacial score (nSPS) is 16.3. The van der Waals surface area contributed by atoms with Gasteiger partial charge in [-0.3, -0.25) is 14.5 Å². The van der Waals surface area contributed by atoms with Gasteiger partial charge in [0.15, 0.2) is 0 Å². The van der Waals surface area contributed by atoms with E-state index in [9.17, 15) is 9.59 Å². The number of amides is 2. The summed E-state index contributed by atoms with van der Waals surface area (Å²) < 4.78 is 5.50. The van der Waals surface area contributed by atoms with Crippen molar-refractivity contribution in [2.24, 2.45) is 0 Å². The monoisotopic (exact) mass is 429 g/mol. The maximum absolute atomic E-state index is 12.4. The van der Waals surface area contributed by atoms with E-state index in [1.165, 1.54) is 5.56 Å². The lowest BCUT2D eigenvalue weighted by Crippen LogP contribution is -2.40. The third-order valence-corrected chi connectivity index (χ3v) is 5.68. The molecule has 0 spiro atoms. The molecule has 160 valence electrons. The van der Waals surface area contributed by atoms with Crippen LogP contribution in [-0.4, -0.2) is 43.0 Å². The van der Waals surface area contributed by atoms with Crippen molar-refractivity contribution in [3.63, 3.8) is 0 Å². The number of carbonyl (C=O) groups is 2. The Hall–Kier alpha value is -2.57. The van der Waals surface area contributed by atoms with Gasteiger partial charge in [-0.2, -0.15) is 0 Å². The Morgan fingerprint density at radius 1 is 1.17 bits per heavy atom. The van der Waals surface area contributed by atoms with Crippen molar-refractivity contribution in [2.45, 2.75) is 32.7 Å². The Morgan fingerprint density at radius 3 is 2.67 bits per heavy atom. The fourth-order valence-corrected chi connectivity index (χ4v) is 3.88. The summed E-state index contributed by atoms with van der Waals surface area (Å²) in [6, 6.07) is 13.6. The second-order valence-corrected chi connectivity index (χ2v) is 7.78. The standard InChI is InChI=1S/C23H28ClN3O3/c1-3-30-18-11-9-17(10-12-18)21-8-5-13-27(21)15-23(29)25-14-22(28)26-20-7-4-6-19(24)16(20)2/h4,6-7,9-12,21H,3,5,8,13-15H2,1-2H3,(H,25,29)(H,26,28)/t21-/m1/s1. The Kier molecular flexibility index (Phi) is 7.71. The predicted octanol–water partition coefficient (Wildman–Crippen LogP) is 3.94. The van der Waals surface area contributed by atoms with Gasteiger partial charge in [-0.15, -0.1) is 0 Å². The van der Waals surface area contributed by atoms with Crippen LogP contribution in [-0.2, 0) is 9.59 Å². The molecule has 0 aliphatic carbocycles. The SMILES string of the molecule is CCOc1ccc([C@H]2CCCN2CC(=O)NCC(=O)Nc2cccc(Cl)c2C)cc1. The lowest BCUT2D eigenvalue weighted by Gasteiger charge is -2.24. The molecule has 1 aliphatic rings. The summed E-state index contributed by atoms with van der Waals surface area (Å²) in [6.45, 7) is 5.49. The Morgan fingerprint density at radius 2 is 1.93 bits per heavy atom. The van der Waals surface area contributed by atoms with Crippen LogP contribution in [0.4, 0.5) is 5.69 Å². The molecule has 3 rings (SSSR count). The molecule has 2 amide bonds. The van der Waals surface area contributed by atoms with Crippen LogP contribution in [0.2, 0.25) is 5.02 Å². The van der Waals surface area contributed by atoms with Gasteiger partial charge in [-0.25, -0.2) is 0 Å². The average Bonchev–Trinajstić information content (AvgIpc) is 3.19. The summed E-state index contributed by atoms with van der Waals surface area (Å²) in [5.41, 5.74) is 2.63. The van der Waals surface area contributed by atoms with E-state index in [0.717, 1.165) is 30.7 Å². The quantitative estimate of drug-likeness (QED) is 0.666. The fourth-order valence-electron chi connectivity index (χ4n) is 3.70. The van der Waals surface area contributed by atoms with Crippen LogP contribution in [0.1, 0.15) is 36.9 Å². The first-order valence-corrected chi connectivity index (χ1v) is 10.6. The lowest BCUT2D eigenvalue weighted by atomic mass is 10.0. The molecule has 0 saturated carbocycles. The molecule has 0 bridgehead atoms. The smallest absolute Gasteiger partial charge is 0.243 e. The number of nitrogens with zero attached hydrogens (tertiary/aromatic N) is 1. The van der Waals surface area contributed by atoms with Crippen LogP contribution >= 0.6 is 11.6 Å². The molecule has 0 aromatic heterocycles. The van der Waals surface area contributed by atoms with Gasteiger partial charge in [0.2, 0.25) is 11.8 Å². The highest BCUT2D eigenvalue weighted by molar-refractivity contribution is 6.31. The number of benzene rings is 2. The number of rotatable bonds is 8. The Balaban J connectivity index is 1.50. The zero-order valence-corrected chi connectivity index (χ0v) is 18.2. The van der Waals surface area contributed by atoms with E-state index < -0.39 is 0 Å². The number of likely N-dealkylation sites (tertiary alicyclic amines) is 1. The lowest BCUT2D eigenvalue weighted by molar-refractivity contribution is -0.125. The van der Waals surface area contributed by atoms with Gasteiger partial charge >= 0.3 is 0 Å². The van der Waals surface area contributed by atoms with E-state index in [4.69, 9.17) is 16.3 Å². The second-order valence-electron chi connectivity index (χ2n) is 7.37. The molecule has 2 N–H and O–H groups in total. The molecule has 0 radical (unpaired) electrons. The summed E-state index contributed by atoms with van der Waals surface area (Å²) in [6.07, 6.45) is 2.05. The van der Waals surface area contributed by atoms with Crippen LogP contribution in [0.3, 0.4) is 0 Å². The van der Waals surface area contributed by atoms with Gasteiger partial charge in [-0.05, 0) is 68.6 Å². The molecule has 1 saturated heterocycles. The van der Waals surface area contributed by atoms with E-state index in [2.05, 4.69) is 27.7 Å². The highest BCUT2D eigenvalue weighted by atomic mass is 35.5. The number of carbonyl (C=O) groups excluding carboxylic acids is 2. The molecular formula is C23H28ClN3O3. The largest absolute Gasteiger partial charge is 0.494 e. The van der Waals surface area contributed by atoms with E-state index in [-0.39, 0.29) is 30.9 Å². The zero-order chi connectivity index (χ0) is 21.5. The molecule has 1 atom stereocenters. The highest BCUT2D eigenvalue weighted by Gasteiger charge is 2.27. The molecule has 7 heteroatoms. The summed E-state index contributed by atoms with van der Waals surface area (Å²) in [5.74, 6) is 0.411. The van der Waals surface area contributed by atoms with E-state index in [1.54, 1.807) is 18.2 Å². The third-order valence-electron chi connectivity index (χ3n) is 5.27. The van der Waals surface area contributed by atoms with E-state index in [1.807, 2.05) is 26.0 Å². The second kappa shape index (κ2) is 10.5. The maximum Gasteiger partial charge on any atom is 0.243 e. The van der Waals surface area contributed by atoms with E-state index in [0.29, 0.717) is 17.3 Å². The number of nitrogens with one attached hydrogen (secondary N) is 2. The number of halogens is 1. The minimum absolute atomic E-state index is 0.0770. The first-order valence-electron chi connectivity index (χ1n) is 10.3. The minimum Gasteiger partial charge on any atom is -0.494 e. The minimum atomic E-state index is -0.279. The van der Waals surface area contributed by atoms with Gasteiger partial charge in [0.05, 0.1) is 19.7 Å². The molecule has 2 aromatic carbocycles. The molecule has 0 unspecified atom stereocenters. The average molecular weight is 430 g/mol. The number of hydrogen-bond acceptors (Lipinski definition) is 4. The van der Waals surface area contributed by atoms with Gasteiger partial charge in [0, 0.05) is 16.8 Å².